The number of hydrogen-bond donors (Lipinski definition) is 0. The Morgan fingerprint density at radius 3 is 3.06 bits per heavy atom. The minimum absolute atomic E-state index is 0.0996. The lowest BCUT2D eigenvalue weighted by atomic mass is 9.77. The van der Waals surface area contributed by atoms with Crippen molar-refractivity contribution in [2.24, 2.45) is 5.92 Å². The first kappa shape index (κ1) is 9.85. The van der Waals surface area contributed by atoms with Gasteiger partial charge in [-0.1, -0.05) is 11.6 Å². The zero-order valence-electron chi connectivity index (χ0n) is 9.80. The van der Waals surface area contributed by atoms with E-state index in [0.717, 1.165) is 5.57 Å². The molecule has 0 aromatic carbocycles. The third-order valence-corrected chi connectivity index (χ3v) is 4.49. The van der Waals surface area contributed by atoms with Crippen LogP contribution in [0.3, 0.4) is 0 Å². The van der Waals surface area contributed by atoms with Crippen molar-refractivity contribution in [2.45, 2.75) is 37.3 Å². The molecule has 2 fully saturated rings. The third kappa shape index (κ3) is 0.881. The fourth-order valence-corrected chi connectivity index (χ4v) is 3.60. The maximum Gasteiger partial charge on any atom is 0.317 e. The summed E-state index contributed by atoms with van der Waals surface area (Å²) < 4.78 is 17.5. The highest BCUT2D eigenvalue weighted by Gasteiger charge is 2.69. The molecule has 90 valence electrons. The fraction of sp³-hybridized carbons (Fsp3) is 0.615. The summed E-state index contributed by atoms with van der Waals surface area (Å²) in [6.45, 7) is 4.32. The molecule has 0 saturated carbocycles. The summed E-state index contributed by atoms with van der Waals surface area (Å²) >= 11 is 0. The molecule has 5 atom stereocenters. The SMILES string of the molecule is CC1=C[C@@]23CO[C@H](C)[C@]24C=C[C@@H](O4)[C@@H]1C(=O)O3. The molecule has 0 unspecified atom stereocenters. The van der Waals surface area contributed by atoms with Gasteiger partial charge < -0.3 is 14.2 Å². The second kappa shape index (κ2) is 2.65. The zero-order chi connectivity index (χ0) is 11.8. The summed E-state index contributed by atoms with van der Waals surface area (Å²) in [5.41, 5.74) is -0.346. The van der Waals surface area contributed by atoms with Crippen molar-refractivity contribution in [2.75, 3.05) is 6.61 Å². The Morgan fingerprint density at radius 1 is 1.47 bits per heavy atom. The number of carbonyl (C=O) groups is 1. The highest BCUT2D eigenvalue weighted by molar-refractivity contribution is 5.80. The van der Waals surface area contributed by atoms with Gasteiger partial charge in [-0.3, -0.25) is 4.79 Å². The summed E-state index contributed by atoms with van der Waals surface area (Å²) in [6, 6.07) is 0. The molecule has 0 aromatic heterocycles. The lowest BCUT2D eigenvalue weighted by Crippen LogP contribution is -2.56. The van der Waals surface area contributed by atoms with Crippen LogP contribution in [0, 0.1) is 5.92 Å². The number of ether oxygens (including phenoxy) is 3. The molecule has 2 saturated heterocycles. The smallest absolute Gasteiger partial charge is 0.317 e. The lowest BCUT2D eigenvalue weighted by molar-refractivity contribution is -0.165. The minimum atomic E-state index is -0.758. The second-order valence-electron chi connectivity index (χ2n) is 5.36. The molecular weight excluding hydrogens is 220 g/mol. The first-order valence-electron chi connectivity index (χ1n) is 5.99. The Bertz CT molecular complexity index is 480. The van der Waals surface area contributed by atoms with E-state index in [-0.39, 0.29) is 24.1 Å². The van der Waals surface area contributed by atoms with Gasteiger partial charge in [0.25, 0.3) is 0 Å². The predicted molar refractivity (Wildman–Crippen MR) is 58.2 cm³/mol. The van der Waals surface area contributed by atoms with E-state index in [1.807, 2.05) is 32.1 Å². The van der Waals surface area contributed by atoms with Crippen LogP contribution in [0.25, 0.3) is 0 Å². The van der Waals surface area contributed by atoms with E-state index < -0.39 is 11.2 Å². The van der Waals surface area contributed by atoms with E-state index in [1.165, 1.54) is 0 Å². The molecule has 0 N–H and O–H groups in total. The van der Waals surface area contributed by atoms with Crippen LogP contribution in [0.5, 0.6) is 0 Å². The van der Waals surface area contributed by atoms with Gasteiger partial charge in [0, 0.05) is 0 Å². The first-order valence-corrected chi connectivity index (χ1v) is 5.99. The summed E-state index contributed by atoms with van der Waals surface area (Å²) in [4.78, 5) is 12.1. The van der Waals surface area contributed by atoms with Gasteiger partial charge in [-0.2, -0.15) is 0 Å². The van der Waals surface area contributed by atoms with Gasteiger partial charge in [-0.05, 0) is 26.0 Å². The maximum atomic E-state index is 12.1. The molecule has 0 radical (unpaired) electrons. The first-order chi connectivity index (χ1) is 8.08. The molecule has 0 aliphatic carbocycles. The van der Waals surface area contributed by atoms with Crippen LogP contribution in [0.4, 0.5) is 0 Å². The summed E-state index contributed by atoms with van der Waals surface area (Å²) in [5.74, 6) is -0.465. The number of fused-ring (bicyclic) bond motifs is 1. The monoisotopic (exact) mass is 234 g/mol. The van der Waals surface area contributed by atoms with Crippen molar-refractivity contribution in [3.63, 3.8) is 0 Å². The molecule has 0 amide bonds. The lowest BCUT2D eigenvalue weighted by Gasteiger charge is -2.39. The van der Waals surface area contributed by atoms with E-state index >= 15 is 0 Å². The van der Waals surface area contributed by atoms with E-state index in [0.29, 0.717) is 6.61 Å². The van der Waals surface area contributed by atoms with Gasteiger partial charge in [0.2, 0.25) is 0 Å². The molecule has 5 aliphatic heterocycles. The average Bonchev–Trinajstić information content (AvgIpc) is 2.73. The topological polar surface area (TPSA) is 44.8 Å². The van der Waals surface area contributed by atoms with Crippen molar-refractivity contribution in [1.29, 1.82) is 0 Å². The fourth-order valence-electron chi connectivity index (χ4n) is 3.60. The highest BCUT2D eigenvalue weighted by Crippen LogP contribution is 2.54. The Labute approximate surface area is 99.2 Å². The highest BCUT2D eigenvalue weighted by atomic mass is 16.7. The van der Waals surface area contributed by atoms with Crippen LogP contribution in [0.1, 0.15) is 13.8 Å². The Balaban J connectivity index is 2.01. The average molecular weight is 234 g/mol. The van der Waals surface area contributed by atoms with Gasteiger partial charge in [0.15, 0.2) is 11.2 Å². The van der Waals surface area contributed by atoms with Crippen molar-refractivity contribution in [3.8, 4) is 0 Å². The van der Waals surface area contributed by atoms with Crippen LogP contribution in [-0.4, -0.2) is 36.0 Å². The molecule has 5 aliphatic rings. The van der Waals surface area contributed by atoms with E-state index in [1.54, 1.807) is 0 Å². The van der Waals surface area contributed by atoms with Crippen molar-refractivity contribution >= 4 is 5.97 Å². The molecule has 5 rings (SSSR count). The molecule has 17 heavy (non-hydrogen) atoms. The number of rotatable bonds is 0. The van der Waals surface area contributed by atoms with E-state index in [4.69, 9.17) is 14.2 Å². The van der Waals surface area contributed by atoms with Crippen LogP contribution >= 0.6 is 0 Å². The zero-order valence-corrected chi connectivity index (χ0v) is 9.80. The summed E-state index contributed by atoms with van der Waals surface area (Å²) in [5, 5.41) is 0. The van der Waals surface area contributed by atoms with Crippen molar-refractivity contribution in [3.05, 3.63) is 23.8 Å². The van der Waals surface area contributed by atoms with Crippen LogP contribution in [-0.2, 0) is 19.0 Å². The quantitative estimate of drug-likeness (QED) is 0.463. The van der Waals surface area contributed by atoms with Crippen molar-refractivity contribution < 1.29 is 19.0 Å². The molecule has 2 spiro atoms. The van der Waals surface area contributed by atoms with Gasteiger partial charge >= 0.3 is 5.97 Å². The predicted octanol–water partition coefficient (Wildman–Crippen LogP) is 0.971. The molecule has 4 bridgehead atoms. The largest absolute Gasteiger partial charge is 0.448 e. The summed E-state index contributed by atoms with van der Waals surface area (Å²) in [7, 11) is 0. The maximum absolute atomic E-state index is 12.1. The van der Waals surface area contributed by atoms with E-state index in [2.05, 4.69) is 0 Å². The van der Waals surface area contributed by atoms with Gasteiger partial charge in [0.05, 0.1) is 18.8 Å². The van der Waals surface area contributed by atoms with Gasteiger partial charge in [-0.15, -0.1) is 0 Å². The normalized spacial score (nSPS) is 54.4. The number of esters is 1. The molecule has 4 heteroatoms. The van der Waals surface area contributed by atoms with Crippen LogP contribution < -0.4 is 0 Å². The van der Waals surface area contributed by atoms with Gasteiger partial charge in [-0.25, -0.2) is 0 Å². The van der Waals surface area contributed by atoms with Crippen molar-refractivity contribution in [1.82, 2.24) is 0 Å². The molecule has 4 nitrogen and oxygen atoms in total. The number of carbonyl (C=O) groups excluding carboxylic acids is 1. The Hall–Kier alpha value is -1.13. The third-order valence-electron chi connectivity index (χ3n) is 4.49. The molecule has 0 aromatic rings. The number of hydrogen-bond acceptors (Lipinski definition) is 4. The Kier molecular flexibility index (Phi) is 1.53. The summed E-state index contributed by atoms with van der Waals surface area (Å²) in [6.07, 6.45) is 5.75. The van der Waals surface area contributed by atoms with Crippen LogP contribution in [0.2, 0.25) is 0 Å². The van der Waals surface area contributed by atoms with Crippen LogP contribution in [0.15, 0.2) is 23.8 Å². The second-order valence-corrected chi connectivity index (χ2v) is 5.36. The molecular formula is C13H14O4. The Morgan fingerprint density at radius 2 is 2.29 bits per heavy atom. The van der Waals surface area contributed by atoms with E-state index in [9.17, 15) is 4.79 Å². The minimum Gasteiger partial charge on any atom is -0.448 e. The molecule has 5 heterocycles. The standard InChI is InChI=1S/C13H14O4/c1-7-5-12-6-15-8(2)13(12)4-3-9(16-13)10(7)11(14)17-12/h3-5,8-10H,6H2,1-2H3/t8-,9-,10-,12-,13-/m1/s1. The van der Waals surface area contributed by atoms with Gasteiger partial charge in [0.1, 0.15) is 5.92 Å².